The number of nitriles is 1. The number of nitrogen functional groups attached to an aromatic ring is 1. The van der Waals surface area contributed by atoms with Gasteiger partial charge in [-0.2, -0.15) is 28.4 Å². The summed E-state index contributed by atoms with van der Waals surface area (Å²) < 4.78 is 67.6. The molecule has 2 saturated heterocycles. The van der Waals surface area contributed by atoms with E-state index in [1.54, 1.807) is 4.90 Å². The lowest BCUT2D eigenvalue weighted by molar-refractivity contribution is -0.137. The van der Waals surface area contributed by atoms with Gasteiger partial charge in [0.15, 0.2) is 5.82 Å². The number of benzene rings is 1. The van der Waals surface area contributed by atoms with Crippen molar-refractivity contribution in [2.45, 2.75) is 51.7 Å². The van der Waals surface area contributed by atoms with Crippen LogP contribution in [0, 0.1) is 29.5 Å². The first-order chi connectivity index (χ1) is 26.2. The van der Waals surface area contributed by atoms with Crippen LogP contribution in [0.15, 0.2) is 24.5 Å². The van der Waals surface area contributed by atoms with Crippen LogP contribution in [0.4, 0.5) is 34.0 Å². The zero-order valence-corrected chi connectivity index (χ0v) is 31.6. The Labute approximate surface area is 320 Å². The van der Waals surface area contributed by atoms with Crippen LogP contribution >= 0.6 is 11.6 Å². The van der Waals surface area contributed by atoms with E-state index >= 15 is 4.39 Å². The molecule has 55 heavy (non-hydrogen) atoms. The highest BCUT2D eigenvalue weighted by molar-refractivity contribution is 6.34. The second kappa shape index (κ2) is 15.0. The van der Waals surface area contributed by atoms with Gasteiger partial charge in [0, 0.05) is 81.6 Å². The number of nitrogens with zero attached hydrogens (tertiary/aromatic N) is 10. The number of amides is 1. The van der Waals surface area contributed by atoms with E-state index in [1.165, 1.54) is 30.0 Å². The maximum Gasteiger partial charge on any atom is 0.418 e. The van der Waals surface area contributed by atoms with E-state index in [4.69, 9.17) is 27.1 Å². The van der Waals surface area contributed by atoms with E-state index in [1.807, 2.05) is 17.9 Å². The average Bonchev–Trinajstić information content (AvgIpc) is 3.73. The van der Waals surface area contributed by atoms with Crippen LogP contribution in [0.2, 0.25) is 5.02 Å². The first kappa shape index (κ1) is 38.5. The summed E-state index contributed by atoms with van der Waals surface area (Å²) in [4.78, 5) is 38.9. The van der Waals surface area contributed by atoms with Gasteiger partial charge in [-0.1, -0.05) is 11.6 Å². The van der Waals surface area contributed by atoms with Gasteiger partial charge in [-0.25, -0.2) is 23.7 Å². The lowest BCUT2D eigenvalue weighted by atomic mass is 9.98. The molecule has 3 fully saturated rings. The number of carbonyl (C=O) groups excluding carboxylic acids is 1. The zero-order valence-electron chi connectivity index (χ0n) is 30.8. The van der Waals surface area contributed by atoms with Crippen molar-refractivity contribution in [2.24, 2.45) is 5.41 Å². The van der Waals surface area contributed by atoms with Crippen LogP contribution < -0.4 is 15.4 Å². The number of alkyl halides is 3. The second-order valence-corrected chi connectivity index (χ2v) is 15.2. The van der Waals surface area contributed by atoms with Crippen molar-refractivity contribution in [1.29, 1.82) is 5.26 Å². The van der Waals surface area contributed by atoms with Crippen LogP contribution in [0.1, 0.15) is 49.6 Å². The van der Waals surface area contributed by atoms with E-state index < -0.39 is 28.8 Å². The second-order valence-electron chi connectivity index (χ2n) is 14.7. The van der Waals surface area contributed by atoms with Crippen LogP contribution in [0.25, 0.3) is 22.2 Å². The van der Waals surface area contributed by atoms with Crippen molar-refractivity contribution in [3.8, 4) is 23.3 Å². The topological polar surface area (TPSA) is 146 Å². The third kappa shape index (κ3) is 7.72. The average molecular weight is 784 g/mol. The Morgan fingerprint density at radius 2 is 1.84 bits per heavy atom. The molecule has 3 aromatic heterocycles. The van der Waals surface area contributed by atoms with E-state index in [-0.39, 0.29) is 63.2 Å². The van der Waals surface area contributed by atoms with Gasteiger partial charge >= 0.3 is 18.2 Å². The minimum Gasteiger partial charge on any atom is -0.463 e. The van der Waals surface area contributed by atoms with Crippen molar-refractivity contribution in [3.63, 3.8) is 0 Å². The Balaban J connectivity index is 1.24. The van der Waals surface area contributed by atoms with Crippen molar-refractivity contribution >= 4 is 40.2 Å². The summed E-state index contributed by atoms with van der Waals surface area (Å²) in [5.41, 5.74) is 2.81. The molecule has 2 aliphatic heterocycles. The number of ether oxygens (including phenoxy) is 1. The number of aryl methyl sites for hydroxylation is 1. The SMILES string of the molecule is CCN(C(=O)n1ccnc1C#N)C1CCN(c2nc(OCC3(CN4CCN(C)CC4)CC3)nc3c(F)c(-c4nc(N)cc(C)c4C(F)(F)F)c(Cl)cc23)CC1. The Morgan fingerprint density at radius 3 is 2.47 bits per heavy atom. The summed E-state index contributed by atoms with van der Waals surface area (Å²) in [6.45, 7) is 9.21. The molecule has 0 spiro atoms. The molecule has 0 radical (unpaired) electrons. The molecule has 7 rings (SSSR count). The molecule has 1 aromatic carbocycles. The number of piperidine rings is 1. The molecule has 13 nitrogen and oxygen atoms in total. The van der Waals surface area contributed by atoms with Gasteiger partial charge in [0.05, 0.1) is 28.5 Å². The number of hydrogen-bond donors (Lipinski definition) is 1. The standard InChI is InChI=1S/C37H42ClF4N11O2/c1-4-52(35(54)53-12-9-45-27(53)19-43)23-5-10-51(11-6-23)33-24-18-25(38)28(32-29(37(40,41)42)22(2)17-26(44)46-32)30(39)31(24)47-34(48-33)55-21-36(7-8-36)20-50-15-13-49(3)14-16-50/h9,12,17-18,23H,4-8,10-11,13-16,20-21H2,1-3H3,(H2,44,46). The molecule has 2 N–H and O–H groups in total. The Morgan fingerprint density at radius 1 is 1.13 bits per heavy atom. The summed E-state index contributed by atoms with van der Waals surface area (Å²) in [6.07, 6.45) is 0.865. The van der Waals surface area contributed by atoms with Gasteiger partial charge in [0.1, 0.15) is 23.2 Å². The number of hydrogen-bond acceptors (Lipinski definition) is 11. The summed E-state index contributed by atoms with van der Waals surface area (Å²) in [7, 11) is 2.10. The van der Waals surface area contributed by atoms with Gasteiger partial charge in [0.2, 0.25) is 5.82 Å². The molecular weight excluding hydrogens is 742 g/mol. The number of carbonyl (C=O) groups is 1. The summed E-state index contributed by atoms with van der Waals surface area (Å²) in [6, 6.07) is 3.71. The number of anilines is 2. The lowest BCUT2D eigenvalue weighted by Crippen LogP contribution is -2.49. The fraction of sp³-hybridized carbons (Fsp3) is 0.514. The van der Waals surface area contributed by atoms with E-state index in [9.17, 15) is 23.2 Å². The van der Waals surface area contributed by atoms with Gasteiger partial charge in [0.25, 0.3) is 0 Å². The largest absolute Gasteiger partial charge is 0.463 e. The van der Waals surface area contributed by atoms with Crippen molar-refractivity contribution in [2.75, 3.05) is 76.6 Å². The minimum atomic E-state index is -4.88. The molecule has 4 aromatic rings. The van der Waals surface area contributed by atoms with Gasteiger partial charge in [-0.15, -0.1) is 0 Å². The van der Waals surface area contributed by atoms with E-state index in [0.29, 0.717) is 38.3 Å². The molecule has 0 atom stereocenters. The highest BCUT2D eigenvalue weighted by Gasteiger charge is 2.45. The van der Waals surface area contributed by atoms with Gasteiger partial charge < -0.3 is 30.1 Å². The molecule has 18 heteroatoms. The molecule has 292 valence electrons. The first-order valence-electron chi connectivity index (χ1n) is 18.3. The van der Waals surface area contributed by atoms with Crippen LogP contribution in [-0.4, -0.2) is 117 Å². The number of likely N-dealkylation sites (N-methyl/N-ethyl adjacent to an activating group) is 1. The predicted octanol–water partition coefficient (Wildman–Crippen LogP) is 5.83. The fourth-order valence-corrected chi connectivity index (χ4v) is 8.04. The number of nitrogens with two attached hydrogens (primary N) is 1. The lowest BCUT2D eigenvalue weighted by Gasteiger charge is -2.38. The molecule has 0 bridgehead atoms. The monoisotopic (exact) mass is 783 g/mol. The Hall–Kier alpha value is -4.79. The Bertz CT molecular complexity index is 2140. The third-order valence-electron chi connectivity index (χ3n) is 11.0. The van der Waals surface area contributed by atoms with E-state index in [2.05, 4.69) is 31.8 Å². The highest BCUT2D eigenvalue weighted by Crippen LogP contribution is 2.48. The number of pyridine rings is 1. The van der Waals surface area contributed by atoms with Crippen LogP contribution in [-0.2, 0) is 6.18 Å². The number of fused-ring (bicyclic) bond motifs is 1. The van der Waals surface area contributed by atoms with Crippen molar-refractivity contribution < 1.29 is 27.1 Å². The summed E-state index contributed by atoms with van der Waals surface area (Å²) >= 11 is 6.67. The maximum atomic E-state index is 16.9. The minimum absolute atomic E-state index is 0.0124. The predicted molar refractivity (Wildman–Crippen MR) is 198 cm³/mol. The quantitative estimate of drug-likeness (QED) is 0.205. The highest BCUT2D eigenvalue weighted by atomic mass is 35.5. The molecule has 1 aliphatic carbocycles. The third-order valence-corrected chi connectivity index (χ3v) is 11.3. The van der Waals surface area contributed by atoms with E-state index in [0.717, 1.165) is 51.6 Å². The van der Waals surface area contributed by atoms with Crippen molar-refractivity contribution in [1.82, 2.24) is 39.2 Å². The maximum absolute atomic E-state index is 16.9. The summed E-state index contributed by atoms with van der Waals surface area (Å²) in [5, 5.41) is 9.29. The molecule has 3 aliphatic rings. The molecule has 0 unspecified atom stereocenters. The number of aromatic nitrogens is 5. The first-order valence-corrected chi connectivity index (χ1v) is 18.7. The fourth-order valence-electron chi connectivity index (χ4n) is 7.76. The van der Waals surface area contributed by atoms with Gasteiger partial charge in [-0.3, -0.25) is 0 Å². The zero-order chi connectivity index (χ0) is 39.2. The smallest absolute Gasteiger partial charge is 0.418 e. The number of halogens is 5. The van der Waals surface area contributed by atoms with Crippen LogP contribution in [0.3, 0.4) is 0 Å². The number of rotatable bonds is 9. The van der Waals surface area contributed by atoms with Crippen LogP contribution in [0.5, 0.6) is 6.01 Å². The van der Waals surface area contributed by atoms with Gasteiger partial charge in [-0.05, 0) is 64.3 Å². The number of imidazole rings is 1. The molecular formula is C37H42ClF4N11O2. The normalized spacial score (nSPS) is 18.1. The molecule has 1 saturated carbocycles. The summed E-state index contributed by atoms with van der Waals surface area (Å²) in [5.74, 6) is -1.04. The van der Waals surface area contributed by atoms with Crippen molar-refractivity contribution in [3.05, 3.63) is 52.3 Å². The Kier molecular flexibility index (Phi) is 10.5. The number of piperazine rings is 1. The molecule has 5 heterocycles. The molecule has 1 amide bonds.